The van der Waals surface area contributed by atoms with Gasteiger partial charge in [-0.15, -0.1) is 0 Å². The molecule has 1 aromatic carbocycles. The molecule has 4 N–H and O–H groups in total. The lowest BCUT2D eigenvalue weighted by Gasteiger charge is -2.13. The Morgan fingerprint density at radius 1 is 1.37 bits per heavy atom. The molecule has 1 aliphatic carbocycles. The van der Waals surface area contributed by atoms with Gasteiger partial charge in [0.2, 0.25) is 5.91 Å². The van der Waals surface area contributed by atoms with Crippen LogP contribution in [0.2, 0.25) is 0 Å². The van der Waals surface area contributed by atoms with Gasteiger partial charge in [-0.2, -0.15) is 0 Å². The van der Waals surface area contributed by atoms with Crippen LogP contribution in [0.15, 0.2) is 18.2 Å². The van der Waals surface area contributed by atoms with E-state index in [4.69, 9.17) is 5.73 Å². The smallest absolute Gasteiger partial charge is 0.228 e. The fourth-order valence-electron chi connectivity index (χ4n) is 2.65. The van der Waals surface area contributed by atoms with Gasteiger partial charge in [-0.3, -0.25) is 4.79 Å². The van der Waals surface area contributed by atoms with E-state index in [1.165, 1.54) is 18.4 Å². The summed E-state index contributed by atoms with van der Waals surface area (Å²) < 4.78 is 0. The van der Waals surface area contributed by atoms with E-state index in [1.807, 2.05) is 6.07 Å². The van der Waals surface area contributed by atoms with Crippen LogP contribution in [0.3, 0.4) is 0 Å². The Morgan fingerprint density at radius 2 is 2.21 bits per heavy atom. The molecule has 0 radical (unpaired) electrons. The summed E-state index contributed by atoms with van der Waals surface area (Å²) in [7, 11) is 0. The molecule has 4 heteroatoms. The van der Waals surface area contributed by atoms with Gasteiger partial charge in [0, 0.05) is 12.2 Å². The Balaban J connectivity index is 1.48. The number of hydrogen-bond donors (Lipinski definition) is 3. The number of amides is 1. The zero-order valence-corrected chi connectivity index (χ0v) is 11.2. The Morgan fingerprint density at radius 3 is 2.95 bits per heavy atom. The molecule has 1 fully saturated rings. The van der Waals surface area contributed by atoms with Gasteiger partial charge in [-0.25, -0.2) is 0 Å². The molecule has 0 aromatic heterocycles. The van der Waals surface area contributed by atoms with E-state index >= 15 is 0 Å². The average Bonchev–Trinajstić information content (AvgIpc) is 3.09. The van der Waals surface area contributed by atoms with Crippen LogP contribution in [0.4, 0.5) is 5.69 Å². The third-order valence-electron chi connectivity index (χ3n) is 4.28. The number of carbonyl (C=O) groups excluding carboxylic acids is 1. The van der Waals surface area contributed by atoms with Crippen molar-refractivity contribution in [2.45, 2.75) is 25.7 Å². The number of nitrogens with two attached hydrogens (primary N) is 1. The van der Waals surface area contributed by atoms with E-state index in [2.05, 4.69) is 22.8 Å². The molecular formula is C15H21N3O. The van der Waals surface area contributed by atoms with Crippen LogP contribution in [0, 0.1) is 5.41 Å². The van der Waals surface area contributed by atoms with Crippen molar-refractivity contribution in [3.05, 3.63) is 29.3 Å². The fourth-order valence-corrected chi connectivity index (χ4v) is 2.65. The average molecular weight is 259 g/mol. The van der Waals surface area contributed by atoms with E-state index < -0.39 is 0 Å². The van der Waals surface area contributed by atoms with Crippen molar-refractivity contribution in [3.8, 4) is 0 Å². The zero-order valence-electron chi connectivity index (χ0n) is 11.2. The molecule has 3 rings (SSSR count). The van der Waals surface area contributed by atoms with Gasteiger partial charge in [0.25, 0.3) is 0 Å². The molecule has 1 heterocycles. The second-order valence-corrected chi connectivity index (χ2v) is 5.85. The molecule has 19 heavy (non-hydrogen) atoms. The topological polar surface area (TPSA) is 67.1 Å². The lowest BCUT2D eigenvalue weighted by atomic mass is 10.1. The van der Waals surface area contributed by atoms with Gasteiger partial charge < -0.3 is 16.4 Å². The van der Waals surface area contributed by atoms with Crippen molar-refractivity contribution in [2.24, 2.45) is 11.1 Å². The predicted octanol–water partition coefficient (Wildman–Crippen LogP) is 1.05. The molecule has 1 amide bonds. The molecule has 0 bridgehead atoms. The lowest BCUT2D eigenvalue weighted by molar-refractivity contribution is -0.115. The highest BCUT2D eigenvalue weighted by Crippen LogP contribution is 2.43. The number of carbonyl (C=O) groups is 1. The zero-order chi connectivity index (χ0) is 13.3. The number of anilines is 1. The lowest BCUT2D eigenvalue weighted by Crippen LogP contribution is -2.30. The third-order valence-corrected chi connectivity index (χ3v) is 4.28. The summed E-state index contributed by atoms with van der Waals surface area (Å²) in [5, 5.41) is 6.36. The summed E-state index contributed by atoms with van der Waals surface area (Å²) in [5.74, 6) is 0.101. The summed E-state index contributed by atoms with van der Waals surface area (Å²) >= 11 is 0. The van der Waals surface area contributed by atoms with Gasteiger partial charge in [0.15, 0.2) is 0 Å². The van der Waals surface area contributed by atoms with E-state index in [0.717, 1.165) is 37.3 Å². The SMILES string of the molecule is NCC1(CNCCc2ccc3c(c2)CC(=O)N3)CC1. The molecule has 102 valence electrons. The summed E-state index contributed by atoms with van der Waals surface area (Å²) in [5.41, 5.74) is 9.55. The fraction of sp³-hybridized carbons (Fsp3) is 0.533. The number of rotatable bonds is 6. The van der Waals surface area contributed by atoms with Crippen molar-refractivity contribution in [1.29, 1.82) is 0 Å². The minimum atomic E-state index is 0.101. The van der Waals surface area contributed by atoms with Gasteiger partial charge >= 0.3 is 0 Å². The first-order valence-electron chi connectivity index (χ1n) is 7.03. The summed E-state index contributed by atoms with van der Waals surface area (Å²) in [6.07, 6.45) is 4.06. The second-order valence-electron chi connectivity index (χ2n) is 5.85. The molecule has 0 saturated heterocycles. The first kappa shape index (κ1) is 12.6. The van der Waals surface area contributed by atoms with Crippen LogP contribution in [0.1, 0.15) is 24.0 Å². The van der Waals surface area contributed by atoms with E-state index in [-0.39, 0.29) is 5.91 Å². The van der Waals surface area contributed by atoms with Crippen molar-refractivity contribution >= 4 is 11.6 Å². The van der Waals surface area contributed by atoms with Gasteiger partial charge in [0.1, 0.15) is 0 Å². The van der Waals surface area contributed by atoms with Gasteiger partial charge in [-0.1, -0.05) is 12.1 Å². The largest absolute Gasteiger partial charge is 0.330 e. The molecule has 2 aliphatic rings. The molecule has 4 nitrogen and oxygen atoms in total. The molecule has 1 aliphatic heterocycles. The van der Waals surface area contributed by atoms with Gasteiger partial charge in [-0.05, 0) is 55.0 Å². The Hall–Kier alpha value is -1.39. The van der Waals surface area contributed by atoms with Crippen molar-refractivity contribution in [1.82, 2.24) is 5.32 Å². The maximum atomic E-state index is 11.3. The van der Waals surface area contributed by atoms with E-state index in [0.29, 0.717) is 11.8 Å². The second kappa shape index (κ2) is 4.94. The number of hydrogen-bond acceptors (Lipinski definition) is 3. The van der Waals surface area contributed by atoms with Crippen LogP contribution >= 0.6 is 0 Å². The highest BCUT2D eigenvalue weighted by molar-refractivity contribution is 5.99. The van der Waals surface area contributed by atoms with Crippen LogP contribution in [0.5, 0.6) is 0 Å². The molecular weight excluding hydrogens is 238 g/mol. The molecule has 0 spiro atoms. The third kappa shape index (κ3) is 2.80. The standard InChI is InChI=1S/C15H21N3O/c16-9-15(4-5-15)10-17-6-3-11-1-2-13-12(7-11)8-14(19)18-13/h1-2,7,17H,3-6,8-10,16H2,(H,18,19). The Labute approximate surface area is 113 Å². The molecule has 0 unspecified atom stereocenters. The first-order chi connectivity index (χ1) is 9.21. The molecule has 1 aromatic rings. The maximum absolute atomic E-state index is 11.3. The van der Waals surface area contributed by atoms with Crippen LogP contribution in [0.25, 0.3) is 0 Å². The monoisotopic (exact) mass is 259 g/mol. The summed E-state index contributed by atoms with van der Waals surface area (Å²) in [6.45, 7) is 2.81. The van der Waals surface area contributed by atoms with Gasteiger partial charge in [0.05, 0.1) is 6.42 Å². The van der Waals surface area contributed by atoms with E-state index in [1.54, 1.807) is 0 Å². The van der Waals surface area contributed by atoms with Crippen LogP contribution in [-0.4, -0.2) is 25.5 Å². The Kier molecular flexibility index (Phi) is 3.29. The molecule has 0 atom stereocenters. The van der Waals surface area contributed by atoms with E-state index in [9.17, 15) is 4.79 Å². The Bertz CT molecular complexity index is 494. The summed E-state index contributed by atoms with van der Waals surface area (Å²) in [4.78, 5) is 11.3. The quantitative estimate of drug-likeness (QED) is 0.669. The number of benzene rings is 1. The predicted molar refractivity (Wildman–Crippen MR) is 76.1 cm³/mol. The highest BCUT2D eigenvalue weighted by atomic mass is 16.1. The summed E-state index contributed by atoms with van der Waals surface area (Å²) in [6, 6.07) is 6.25. The number of nitrogens with one attached hydrogen (secondary N) is 2. The van der Waals surface area contributed by atoms with Crippen LogP contribution in [-0.2, 0) is 17.6 Å². The number of fused-ring (bicyclic) bond motifs is 1. The molecule has 1 saturated carbocycles. The van der Waals surface area contributed by atoms with Crippen molar-refractivity contribution in [2.75, 3.05) is 25.0 Å². The maximum Gasteiger partial charge on any atom is 0.228 e. The normalized spacial score (nSPS) is 19.1. The van der Waals surface area contributed by atoms with Crippen molar-refractivity contribution in [3.63, 3.8) is 0 Å². The first-order valence-corrected chi connectivity index (χ1v) is 7.03. The minimum absolute atomic E-state index is 0.101. The highest BCUT2D eigenvalue weighted by Gasteiger charge is 2.40. The minimum Gasteiger partial charge on any atom is -0.330 e. The van der Waals surface area contributed by atoms with Crippen LogP contribution < -0.4 is 16.4 Å². The van der Waals surface area contributed by atoms with Crippen molar-refractivity contribution < 1.29 is 4.79 Å².